The molecule has 2 aliphatic rings. The summed E-state index contributed by atoms with van der Waals surface area (Å²) in [5.41, 5.74) is 0.809. The first kappa shape index (κ1) is 22.1. The number of nitrogens with zero attached hydrogens (tertiary/aromatic N) is 1. The molecular formula is C23H41N3O. The lowest BCUT2D eigenvalue weighted by atomic mass is 9.79. The van der Waals surface area contributed by atoms with Crippen LogP contribution in [-0.4, -0.2) is 30.4 Å². The molecule has 0 saturated heterocycles. The second-order valence-electron chi connectivity index (χ2n) is 9.09. The van der Waals surface area contributed by atoms with Crippen molar-refractivity contribution in [3.63, 3.8) is 0 Å². The third-order valence-corrected chi connectivity index (χ3v) is 6.47. The SMILES string of the molecule is CC(=N)CCC1CCC(CNC(=O)CCC2C=NC(C)CCCCC2)CC1. The van der Waals surface area contributed by atoms with Crippen molar-refractivity contribution in [2.24, 2.45) is 22.7 Å². The minimum absolute atomic E-state index is 0.220. The summed E-state index contributed by atoms with van der Waals surface area (Å²) in [5.74, 6) is 2.14. The Balaban J connectivity index is 1.60. The zero-order valence-electron chi connectivity index (χ0n) is 17.6. The number of rotatable bonds is 8. The lowest BCUT2D eigenvalue weighted by Gasteiger charge is -2.28. The maximum absolute atomic E-state index is 12.3. The number of amides is 1. The van der Waals surface area contributed by atoms with Crippen LogP contribution in [0.1, 0.15) is 97.3 Å². The van der Waals surface area contributed by atoms with Crippen molar-refractivity contribution >= 4 is 17.8 Å². The number of carbonyl (C=O) groups excluding carboxylic acids is 1. The van der Waals surface area contributed by atoms with E-state index in [0.29, 0.717) is 24.3 Å². The Hall–Kier alpha value is -1.19. The van der Waals surface area contributed by atoms with E-state index >= 15 is 0 Å². The van der Waals surface area contributed by atoms with E-state index in [2.05, 4.69) is 23.4 Å². The van der Waals surface area contributed by atoms with E-state index in [0.717, 1.165) is 31.0 Å². The van der Waals surface area contributed by atoms with Crippen molar-refractivity contribution in [2.75, 3.05) is 6.54 Å². The minimum atomic E-state index is 0.220. The molecule has 1 fully saturated rings. The van der Waals surface area contributed by atoms with Crippen molar-refractivity contribution in [3.8, 4) is 0 Å². The van der Waals surface area contributed by atoms with Gasteiger partial charge in [0.25, 0.3) is 0 Å². The number of hydrogen-bond acceptors (Lipinski definition) is 3. The van der Waals surface area contributed by atoms with Crippen LogP contribution in [0.4, 0.5) is 0 Å². The highest BCUT2D eigenvalue weighted by molar-refractivity contribution is 5.78. The topological polar surface area (TPSA) is 65.3 Å². The van der Waals surface area contributed by atoms with E-state index in [1.165, 1.54) is 64.2 Å². The largest absolute Gasteiger partial charge is 0.356 e. The second-order valence-corrected chi connectivity index (χ2v) is 9.09. The van der Waals surface area contributed by atoms with Crippen molar-refractivity contribution in [1.29, 1.82) is 5.41 Å². The fraction of sp³-hybridized carbons (Fsp3) is 0.870. The van der Waals surface area contributed by atoms with Crippen LogP contribution in [-0.2, 0) is 4.79 Å². The van der Waals surface area contributed by atoms with Crippen molar-refractivity contribution in [1.82, 2.24) is 5.32 Å². The molecule has 27 heavy (non-hydrogen) atoms. The van der Waals surface area contributed by atoms with Crippen LogP contribution < -0.4 is 5.32 Å². The van der Waals surface area contributed by atoms with Gasteiger partial charge in [0, 0.05) is 30.9 Å². The molecule has 1 saturated carbocycles. The van der Waals surface area contributed by atoms with Gasteiger partial charge >= 0.3 is 0 Å². The average Bonchev–Trinajstić information content (AvgIpc) is 2.76. The van der Waals surface area contributed by atoms with Gasteiger partial charge in [0.05, 0.1) is 0 Å². The van der Waals surface area contributed by atoms with Gasteiger partial charge in [-0.2, -0.15) is 0 Å². The smallest absolute Gasteiger partial charge is 0.220 e. The lowest BCUT2D eigenvalue weighted by Crippen LogP contribution is -2.31. The van der Waals surface area contributed by atoms with Crippen LogP contribution in [0.3, 0.4) is 0 Å². The molecule has 0 aromatic heterocycles. The summed E-state index contributed by atoms with van der Waals surface area (Å²) in [4.78, 5) is 17.0. The van der Waals surface area contributed by atoms with E-state index in [9.17, 15) is 4.79 Å². The molecule has 2 rings (SSSR count). The molecule has 4 nitrogen and oxygen atoms in total. The number of carbonyl (C=O) groups is 1. The van der Waals surface area contributed by atoms with Gasteiger partial charge in [-0.3, -0.25) is 9.79 Å². The first-order valence-corrected chi connectivity index (χ1v) is 11.4. The van der Waals surface area contributed by atoms with Gasteiger partial charge in [0.2, 0.25) is 5.91 Å². The summed E-state index contributed by atoms with van der Waals surface area (Å²) in [5, 5.41) is 10.8. The first-order chi connectivity index (χ1) is 13.0. The van der Waals surface area contributed by atoms with E-state index in [1.807, 2.05) is 6.92 Å². The van der Waals surface area contributed by atoms with Gasteiger partial charge in [-0.15, -0.1) is 0 Å². The molecule has 2 atom stereocenters. The van der Waals surface area contributed by atoms with Gasteiger partial charge in [0.1, 0.15) is 0 Å². The Bertz CT molecular complexity index is 480. The highest BCUT2D eigenvalue weighted by atomic mass is 16.1. The van der Waals surface area contributed by atoms with Crippen molar-refractivity contribution in [3.05, 3.63) is 0 Å². The Morgan fingerprint density at radius 3 is 2.44 bits per heavy atom. The standard InChI is InChI=1S/C23H41N3O/c1-18(24)8-9-20-10-12-22(13-11-20)17-26-23(27)15-14-21-7-5-3-4-6-19(2)25-16-21/h16,19-22,24H,3-15,17H2,1-2H3,(H,26,27). The second kappa shape index (κ2) is 12.3. The molecule has 1 heterocycles. The normalized spacial score (nSPS) is 29.4. The molecular weight excluding hydrogens is 334 g/mol. The molecule has 154 valence electrons. The Labute approximate surface area is 166 Å². The monoisotopic (exact) mass is 375 g/mol. The van der Waals surface area contributed by atoms with Crippen LogP contribution in [0, 0.1) is 23.2 Å². The summed E-state index contributed by atoms with van der Waals surface area (Å²) >= 11 is 0. The zero-order chi connectivity index (χ0) is 19.5. The van der Waals surface area contributed by atoms with Gasteiger partial charge < -0.3 is 10.7 Å². The molecule has 1 aliphatic heterocycles. The van der Waals surface area contributed by atoms with Crippen LogP contribution in [0.2, 0.25) is 0 Å². The fourth-order valence-corrected chi connectivity index (χ4v) is 4.47. The maximum atomic E-state index is 12.3. The first-order valence-electron chi connectivity index (χ1n) is 11.4. The quantitative estimate of drug-likeness (QED) is 0.537. The third-order valence-electron chi connectivity index (χ3n) is 6.47. The van der Waals surface area contributed by atoms with Crippen LogP contribution in [0.5, 0.6) is 0 Å². The van der Waals surface area contributed by atoms with Crippen LogP contribution in [0.15, 0.2) is 4.99 Å². The Morgan fingerprint density at radius 1 is 1.00 bits per heavy atom. The molecule has 0 bridgehead atoms. The van der Waals surface area contributed by atoms with Gasteiger partial charge in [0.15, 0.2) is 0 Å². The summed E-state index contributed by atoms with van der Waals surface area (Å²) < 4.78 is 0. The predicted molar refractivity (Wildman–Crippen MR) is 115 cm³/mol. The number of nitrogens with one attached hydrogen (secondary N) is 2. The molecule has 1 aliphatic carbocycles. The van der Waals surface area contributed by atoms with E-state index < -0.39 is 0 Å². The van der Waals surface area contributed by atoms with Crippen LogP contribution in [0.25, 0.3) is 0 Å². The van der Waals surface area contributed by atoms with Crippen molar-refractivity contribution < 1.29 is 4.79 Å². The Morgan fingerprint density at radius 2 is 1.70 bits per heavy atom. The molecule has 0 radical (unpaired) electrons. The van der Waals surface area contributed by atoms with Gasteiger partial charge in [-0.05, 0) is 76.5 Å². The van der Waals surface area contributed by atoms with E-state index in [1.54, 1.807) is 0 Å². The summed E-state index contributed by atoms with van der Waals surface area (Å²) in [6.45, 7) is 4.96. The highest BCUT2D eigenvalue weighted by Gasteiger charge is 2.21. The van der Waals surface area contributed by atoms with Gasteiger partial charge in [-0.1, -0.05) is 32.1 Å². The maximum Gasteiger partial charge on any atom is 0.220 e. The summed E-state index contributed by atoms with van der Waals surface area (Å²) in [7, 11) is 0. The summed E-state index contributed by atoms with van der Waals surface area (Å²) in [6, 6.07) is 0.442. The Kier molecular flexibility index (Phi) is 10.1. The molecule has 0 spiro atoms. The fourth-order valence-electron chi connectivity index (χ4n) is 4.47. The molecule has 2 N–H and O–H groups in total. The molecule has 1 amide bonds. The number of hydrogen-bond donors (Lipinski definition) is 2. The minimum Gasteiger partial charge on any atom is -0.356 e. The summed E-state index contributed by atoms with van der Waals surface area (Å²) in [6.07, 6.45) is 17.1. The van der Waals surface area contributed by atoms with Crippen molar-refractivity contribution in [2.45, 2.75) is 103 Å². The number of aliphatic imine (C=N–C) groups is 1. The average molecular weight is 376 g/mol. The molecule has 2 unspecified atom stereocenters. The predicted octanol–water partition coefficient (Wildman–Crippen LogP) is 5.55. The van der Waals surface area contributed by atoms with E-state index in [4.69, 9.17) is 5.41 Å². The third kappa shape index (κ3) is 9.53. The highest BCUT2D eigenvalue weighted by Crippen LogP contribution is 2.31. The lowest BCUT2D eigenvalue weighted by molar-refractivity contribution is -0.121. The zero-order valence-corrected chi connectivity index (χ0v) is 17.6. The molecule has 4 heteroatoms. The van der Waals surface area contributed by atoms with Crippen LogP contribution >= 0.6 is 0 Å². The molecule has 0 aromatic rings. The van der Waals surface area contributed by atoms with Gasteiger partial charge in [-0.25, -0.2) is 0 Å². The van der Waals surface area contributed by atoms with E-state index in [-0.39, 0.29) is 5.91 Å². The molecule has 0 aromatic carbocycles.